The van der Waals surface area contributed by atoms with E-state index in [0.29, 0.717) is 25.2 Å². The Labute approximate surface area is 186 Å². The van der Waals surface area contributed by atoms with Crippen molar-refractivity contribution >= 4 is 0 Å². The lowest BCUT2D eigenvalue weighted by Crippen LogP contribution is -2.65. The van der Waals surface area contributed by atoms with E-state index in [1.807, 2.05) is 48.5 Å². The second-order valence-electron chi connectivity index (χ2n) is 10.0. The molecular weight excluding hydrogens is 386 g/mol. The van der Waals surface area contributed by atoms with E-state index in [-0.39, 0.29) is 6.10 Å². The summed E-state index contributed by atoms with van der Waals surface area (Å²) in [5.74, 6) is 1.85. The summed E-state index contributed by atoms with van der Waals surface area (Å²) in [4.78, 5) is 0. The van der Waals surface area contributed by atoms with Crippen LogP contribution in [-0.2, 0) is 10.3 Å². The molecule has 2 bridgehead atoms. The van der Waals surface area contributed by atoms with Crippen LogP contribution >= 0.6 is 0 Å². The van der Waals surface area contributed by atoms with Crippen molar-refractivity contribution < 1.29 is 19.1 Å². The molecule has 3 saturated heterocycles. The lowest BCUT2D eigenvalue weighted by atomic mass is 9.80. The molecule has 0 spiro atoms. The van der Waals surface area contributed by atoms with E-state index < -0.39 is 5.60 Å². The fourth-order valence-electron chi connectivity index (χ4n) is 6.12. The minimum absolute atomic E-state index is 0.207. The number of nitrogens with zero attached hydrogens (tertiary/aromatic N) is 1. The monoisotopic (exact) mass is 422 g/mol. The number of aliphatic hydroxyl groups is 1. The van der Waals surface area contributed by atoms with E-state index in [1.165, 1.54) is 38.8 Å². The van der Waals surface area contributed by atoms with Gasteiger partial charge in [0.15, 0.2) is 0 Å². The lowest BCUT2D eigenvalue weighted by Gasteiger charge is -2.52. The average Bonchev–Trinajstić information content (AvgIpc) is 3.39. The minimum Gasteiger partial charge on any atom is -0.445 e. The molecular formula is C27H36NO3+. The van der Waals surface area contributed by atoms with Gasteiger partial charge in [-0.3, -0.25) is 4.48 Å². The van der Waals surface area contributed by atoms with Gasteiger partial charge in [-0.1, -0.05) is 61.4 Å². The van der Waals surface area contributed by atoms with Gasteiger partial charge in [0.2, 0.25) is 6.73 Å². The second-order valence-corrected chi connectivity index (χ2v) is 10.0. The molecule has 1 N–H and O–H groups in total. The zero-order valence-electron chi connectivity index (χ0n) is 18.5. The van der Waals surface area contributed by atoms with Crippen LogP contribution in [0.3, 0.4) is 0 Å². The van der Waals surface area contributed by atoms with Gasteiger partial charge < -0.3 is 14.6 Å². The van der Waals surface area contributed by atoms with Gasteiger partial charge >= 0.3 is 0 Å². The van der Waals surface area contributed by atoms with E-state index >= 15 is 0 Å². The van der Waals surface area contributed by atoms with Crippen LogP contribution in [0.1, 0.15) is 44.1 Å². The number of hydrogen-bond donors (Lipinski definition) is 1. The molecule has 4 nitrogen and oxygen atoms in total. The number of ether oxygens (including phenoxy) is 2. The molecule has 1 aliphatic carbocycles. The molecule has 3 heterocycles. The predicted octanol–water partition coefficient (Wildman–Crippen LogP) is 4.73. The highest BCUT2D eigenvalue weighted by atomic mass is 16.5. The molecule has 2 atom stereocenters. The van der Waals surface area contributed by atoms with Crippen molar-refractivity contribution in [1.82, 2.24) is 0 Å². The number of quaternary nitrogens is 1. The quantitative estimate of drug-likeness (QED) is 0.625. The summed E-state index contributed by atoms with van der Waals surface area (Å²) in [6.45, 7) is 4.45. The number of para-hydroxylation sites is 1. The predicted molar refractivity (Wildman–Crippen MR) is 122 cm³/mol. The van der Waals surface area contributed by atoms with Gasteiger partial charge in [0.05, 0.1) is 19.7 Å². The number of fused-ring (bicyclic) bond motifs is 3. The smallest absolute Gasteiger partial charge is 0.224 e. The largest absolute Gasteiger partial charge is 0.445 e. The summed E-state index contributed by atoms with van der Waals surface area (Å²) >= 11 is 0. The van der Waals surface area contributed by atoms with Crippen molar-refractivity contribution in [2.45, 2.75) is 50.2 Å². The van der Waals surface area contributed by atoms with Crippen molar-refractivity contribution in [3.8, 4) is 5.75 Å². The van der Waals surface area contributed by atoms with Crippen molar-refractivity contribution in [2.24, 2.45) is 11.8 Å². The fourth-order valence-corrected chi connectivity index (χ4v) is 6.12. The molecule has 31 heavy (non-hydrogen) atoms. The molecule has 0 aromatic heterocycles. The van der Waals surface area contributed by atoms with Gasteiger partial charge in [-0.15, -0.1) is 0 Å². The molecule has 6 rings (SSSR count). The standard InChI is InChI=1S/C27H36NO3/c29-27(24-11-7-8-12-24,23-9-3-1-4-10-23)20-30-26-19-28(17-15-22(26)16-18-28)21-31-25-13-5-2-6-14-25/h1-6,9-10,13-14,22,24,26,29H,7-8,11-12,15-21H2/q+1/t22?,26-,27?,28?/m1/s1. The maximum absolute atomic E-state index is 11.8. The summed E-state index contributed by atoms with van der Waals surface area (Å²) in [5.41, 5.74) is 0.134. The first-order valence-electron chi connectivity index (χ1n) is 12.1. The van der Waals surface area contributed by atoms with Crippen molar-refractivity contribution in [3.05, 3.63) is 66.2 Å². The average molecular weight is 423 g/mol. The Balaban J connectivity index is 1.27. The highest BCUT2D eigenvalue weighted by molar-refractivity contribution is 5.24. The van der Waals surface area contributed by atoms with Gasteiger partial charge in [0.1, 0.15) is 24.0 Å². The van der Waals surface area contributed by atoms with E-state index in [1.54, 1.807) is 0 Å². The summed E-state index contributed by atoms with van der Waals surface area (Å²) in [6, 6.07) is 20.4. The molecule has 166 valence electrons. The van der Waals surface area contributed by atoms with Crippen LogP contribution in [0.25, 0.3) is 0 Å². The van der Waals surface area contributed by atoms with E-state index in [0.717, 1.165) is 35.2 Å². The molecule has 0 amide bonds. The van der Waals surface area contributed by atoms with Crippen LogP contribution in [-0.4, -0.2) is 48.7 Å². The van der Waals surface area contributed by atoms with Crippen molar-refractivity contribution in [2.75, 3.05) is 33.0 Å². The summed E-state index contributed by atoms with van der Waals surface area (Å²) < 4.78 is 13.8. The first-order chi connectivity index (χ1) is 15.2. The molecule has 4 heteroatoms. The molecule has 4 fully saturated rings. The van der Waals surface area contributed by atoms with Crippen LogP contribution in [0.4, 0.5) is 0 Å². The van der Waals surface area contributed by atoms with Gasteiger partial charge in [0, 0.05) is 18.8 Å². The number of piperidine rings is 3. The topological polar surface area (TPSA) is 38.7 Å². The summed E-state index contributed by atoms with van der Waals surface area (Å²) in [5, 5.41) is 11.8. The summed E-state index contributed by atoms with van der Waals surface area (Å²) in [7, 11) is 0. The van der Waals surface area contributed by atoms with Gasteiger partial charge in [0.25, 0.3) is 0 Å². The number of hydrogen-bond acceptors (Lipinski definition) is 3. The summed E-state index contributed by atoms with van der Waals surface area (Å²) in [6.07, 6.45) is 7.19. The molecule has 2 aromatic rings. The Morgan fingerprint density at radius 1 is 0.871 bits per heavy atom. The van der Waals surface area contributed by atoms with Gasteiger partial charge in [-0.2, -0.15) is 0 Å². The van der Waals surface area contributed by atoms with Crippen molar-refractivity contribution in [3.63, 3.8) is 0 Å². The molecule has 0 radical (unpaired) electrons. The third-order valence-electron chi connectivity index (χ3n) is 8.11. The SMILES string of the molecule is OC(CO[C@@H]1C[N+]2(COc3ccccc3)CCC1CC2)(c1ccccc1)C1CCCC1. The van der Waals surface area contributed by atoms with E-state index in [9.17, 15) is 5.11 Å². The van der Waals surface area contributed by atoms with Crippen LogP contribution in [0.5, 0.6) is 5.75 Å². The zero-order valence-corrected chi connectivity index (χ0v) is 18.5. The molecule has 1 unspecified atom stereocenters. The van der Waals surface area contributed by atoms with Crippen LogP contribution < -0.4 is 4.74 Å². The molecule has 2 aromatic carbocycles. The Morgan fingerprint density at radius 3 is 2.19 bits per heavy atom. The molecule has 4 aliphatic rings. The minimum atomic E-state index is -0.880. The first-order valence-corrected chi connectivity index (χ1v) is 12.1. The van der Waals surface area contributed by atoms with Crippen LogP contribution in [0.2, 0.25) is 0 Å². The Kier molecular flexibility index (Phi) is 6.05. The van der Waals surface area contributed by atoms with E-state index in [4.69, 9.17) is 9.47 Å². The highest BCUT2D eigenvalue weighted by Crippen LogP contribution is 2.42. The van der Waals surface area contributed by atoms with Crippen molar-refractivity contribution in [1.29, 1.82) is 0 Å². The fraction of sp³-hybridized carbons (Fsp3) is 0.556. The maximum Gasteiger partial charge on any atom is 0.224 e. The third kappa shape index (κ3) is 4.39. The Morgan fingerprint density at radius 2 is 1.52 bits per heavy atom. The van der Waals surface area contributed by atoms with E-state index in [2.05, 4.69) is 12.1 Å². The van der Waals surface area contributed by atoms with Crippen LogP contribution in [0, 0.1) is 11.8 Å². The third-order valence-corrected chi connectivity index (χ3v) is 8.11. The number of rotatable bonds is 8. The Bertz CT molecular complexity index is 828. The Hall–Kier alpha value is -1.88. The van der Waals surface area contributed by atoms with Gasteiger partial charge in [-0.25, -0.2) is 0 Å². The first kappa shape index (κ1) is 21.0. The van der Waals surface area contributed by atoms with Gasteiger partial charge in [-0.05, 0) is 36.5 Å². The highest BCUT2D eigenvalue weighted by Gasteiger charge is 2.48. The zero-order chi connectivity index (χ0) is 21.2. The second kappa shape index (κ2) is 8.93. The maximum atomic E-state index is 11.8. The molecule has 1 saturated carbocycles. The number of benzene rings is 2. The lowest BCUT2D eigenvalue weighted by molar-refractivity contribution is -0.959. The van der Waals surface area contributed by atoms with Crippen LogP contribution in [0.15, 0.2) is 60.7 Å². The normalized spacial score (nSPS) is 30.2. The molecule has 3 aliphatic heterocycles.